The minimum Gasteiger partial charge on any atom is -0.371 e. The molecule has 0 saturated carbocycles. The summed E-state index contributed by atoms with van der Waals surface area (Å²) >= 11 is 0. The maximum Gasteiger partial charge on any atom is 0.243 e. The van der Waals surface area contributed by atoms with Gasteiger partial charge in [-0.2, -0.15) is 4.31 Å². The van der Waals surface area contributed by atoms with Crippen LogP contribution in [0, 0.1) is 5.92 Å². The molecule has 1 fully saturated rings. The molecule has 0 bridgehead atoms. The molecule has 3 rings (SSSR count). The Morgan fingerprint density at radius 3 is 2.26 bits per heavy atom. The van der Waals surface area contributed by atoms with Crippen molar-refractivity contribution in [2.75, 3.05) is 36.4 Å². The second kappa shape index (κ2) is 10.3. The number of amides is 1. The second-order valence-electron chi connectivity index (χ2n) is 8.17. The SMILES string of the molecule is CCN(CC)S(=O)(=O)c1ccc(CCC(=O)Nc2ccc(N3CCC(C)C3)cc2)cc1. The predicted molar refractivity (Wildman–Crippen MR) is 126 cm³/mol. The lowest BCUT2D eigenvalue weighted by Gasteiger charge is -2.18. The summed E-state index contributed by atoms with van der Waals surface area (Å²) < 4.78 is 26.6. The van der Waals surface area contributed by atoms with Crippen LogP contribution < -0.4 is 10.2 Å². The third kappa shape index (κ3) is 5.86. The molecule has 0 aliphatic carbocycles. The molecule has 1 amide bonds. The van der Waals surface area contributed by atoms with E-state index < -0.39 is 10.0 Å². The highest BCUT2D eigenvalue weighted by atomic mass is 32.2. The number of hydrogen-bond acceptors (Lipinski definition) is 4. The zero-order valence-corrected chi connectivity index (χ0v) is 19.5. The van der Waals surface area contributed by atoms with Crippen LogP contribution in [0.1, 0.15) is 39.2 Å². The molecular weight excluding hydrogens is 410 g/mol. The van der Waals surface area contributed by atoms with Gasteiger partial charge in [0.05, 0.1) is 4.90 Å². The maximum atomic E-state index is 12.6. The monoisotopic (exact) mass is 443 g/mol. The van der Waals surface area contributed by atoms with Crippen LogP contribution in [0.2, 0.25) is 0 Å². The number of anilines is 2. The van der Waals surface area contributed by atoms with E-state index >= 15 is 0 Å². The molecule has 1 N–H and O–H groups in total. The molecule has 1 aliphatic rings. The zero-order valence-electron chi connectivity index (χ0n) is 18.7. The fourth-order valence-electron chi connectivity index (χ4n) is 3.95. The first-order chi connectivity index (χ1) is 14.8. The van der Waals surface area contributed by atoms with Gasteiger partial charge in [0.15, 0.2) is 0 Å². The van der Waals surface area contributed by atoms with Gasteiger partial charge in [0.25, 0.3) is 0 Å². The molecule has 1 saturated heterocycles. The highest BCUT2D eigenvalue weighted by Crippen LogP contribution is 2.25. The largest absolute Gasteiger partial charge is 0.371 e. The molecule has 2 aromatic rings. The number of hydrogen-bond donors (Lipinski definition) is 1. The van der Waals surface area contributed by atoms with E-state index in [0.717, 1.165) is 30.3 Å². The average Bonchev–Trinajstić information content (AvgIpc) is 3.20. The number of benzene rings is 2. The molecule has 1 unspecified atom stereocenters. The summed E-state index contributed by atoms with van der Waals surface area (Å²) in [6.07, 6.45) is 2.12. The van der Waals surface area contributed by atoms with Crippen molar-refractivity contribution in [3.05, 3.63) is 54.1 Å². The lowest BCUT2D eigenvalue weighted by atomic mass is 10.1. The van der Waals surface area contributed by atoms with Gasteiger partial charge in [-0.3, -0.25) is 4.79 Å². The highest BCUT2D eigenvalue weighted by molar-refractivity contribution is 7.89. The van der Waals surface area contributed by atoms with Crippen molar-refractivity contribution >= 4 is 27.3 Å². The summed E-state index contributed by atoms with van der Waals surface area (Å²) in [6.45, 7) is 8.98. The number of nitrogens with one attached hydrogen (secondary N) is 1. The van der Waals surface area contributed by atoms with Crippen molar-refractivity contribution in [1.82, 2.24) is 4.31 Å². The molecule has 6 nitrogen and oxygen atoms in total. The number of rotatable bonds is 9. The van der Waals surface area contributed by atoms with Crippen molar-refractivity contribution in [1.29, 1.82) is 0 Å². The van der Waals surface area contributed by atoms with Gasteiger partial charge in [0.1, 0.15) is 0 Å². The average molecular weight is 444 g/mol. The van der Waals surface area contributed by atoms with E-state index in [9.17, 15) is 13.2 Å². The number of carbonyl (C=O) groups excluding carboxylic acids is 1. The Balaban J connectivity index is 1.51. The highest BCUT2D eigenvalue weighted by Gasteiger charge is 2.21. The van der Waals surface area contributed by atoms with Crippen LogP contribution in [0.3, 0.4) is 0 Å². The summed E-state index contributed by atoms with van der Waals surface area (Å²) in [6, 6.07) is 14.8. The van der Waals surface area contributed by atoms with Crippen molar-refractivity contribution < 1.29 is 13.2 Å². The van der Waals surface area contributed by atoms with Crippen LogP contribution in [-0.4, -0.2) is 44.8 Å². The normalized spacial score (nSPS) is 16.6. The van der Waals surface area contributed by atoms with Gasteiger partial charge < -0.3 is 10.2 Å². The van der Waals surface area contributed by atoms with Gasteiger partial charge in [-0.25, -0.2) is 8.42 Å². The molecule has 1 aliphatic heterocycles. The Morgan fingerprint density at radius 1 is 1.06 bits per heavy atom. The standard InChI is InChI=1S/C24H33N3O3S/c1-4-27(5-2)31(29,30)23-13-6-20(7-14-23)8-15-24(28)25-21-9-11-22(12-10-21)26-17-16-19(3)18-26/h6-7,9-14,19H,4-5,8,15-18H2,1-3H3,(H,25,28). The van der Waals surface area contributed by atoms with E-state index in [1.54, 1.807) is 24.3 Å². The van der Waals surface area contributed by atoms with Crippen molar-refractivity contribution in [3.8, 4) is 0 Å². The molecule has 0 spiro atoms. The third-order valence-electron chi connectivity index (χ3n) is 5.85. The molecule has 31 heavy (non-hydrogen) atoms. The first-order valence-corrected chi connectivity index (χ1v) is 12.5. The molecule has 0 aromatic heterocycles. The minimum atomic E-state index is -3.45. The first-order valence-electron chi connectivity index (χ1n) is 11.1. The van der Waals surface area contributed by atoms with Gasteiger partial charge in [0.2, 0.25) is 15.9 Å². The van der Waals surface area contributed by atoms with Gasteiger partial charge >= 0.3 is 0 Å². The van der Waals surface area contributed by atoms with Crippen molar-refractivity contribution in [3.63, 3.8) is 0 Å². The Kier molecular flexibility index (Phi) is 7.73. The van der Waals surface area contributed by atoms with E-state index in [4.69, 9.17) is 0 Å². The van der Waals surface area contributed by atoms with Gasteiger partial charge in [0, 0.05) is 44.0 Å². The van der Waals surface area contributed by atoms with Gasteiger partial charge in [-0.15, -0.1) is 0 Å². The second-order valence-corrected chi connectivity index (χ2v) is 10.1. The maximum absolute atomic E-state index is 12.6. The number of sulfonamides is 1. The molecule has 1 atom stereocenters. The van der Waals surface area contributed by atoms with E-state index in [1.165, 1.54) is 16.4 Å². The van der Waals surface area contributed by atoms with Crippen LogP contribution in [-0.2, 0) is 21.2 Å². The van der Waals surface area contributed by atoms with E-state index in [0.29, 0.717) is 25.9 Å². The van der Waals surface area contributed by atoms with Crippen LogP contribution in [0.5, 0.6) is 0 Å². The Morgan fingerprint density at radius 2 is 1.71 bits per heavy atom. The Hall–Kier alpha value is -2.38. The minimum absolute atomic E-state index is 0.0533. The summed E-state index contributed by atoms with van der Waals surface area (Å²) in [4.78, 5) is 15.0. The number of carbonyl (C=O) groups is 1. The fourth-order valence-corrected chi connectivity index (χ4v) is 5.41. The van der Waals surface area contributed by atoms with E-state index in [1.807, 2.05) is 26.0 Å². The predicted octanol–water partition coefficient (Wildman–Crippen LogP) is 4.13. The molecule has 0 radical (unpaired) electrons. The smallest absolute Gasteiger partial charge is 0.243 e. The van der Waals surface area contributed by atoms with Crippen LogP contribution in [0.4, 0.5) is 11.4 Å². The number of aryl methyl sites for hydroxylation is 1. The topological polar surface area (TPSA) is 69.7 Å². The Labute approximate surface area is 186 Å². The van der Waals surface area contributed by atoms with Gasteiger partial charge in [-0.05, 0) is 60.7 Å². The van der Waals surface area contributed by atoms with Crippen molar-refractivity contribution in [2.45, 2.75) is 44.9 Å². The fraction of sp³-hybridized carbons (Fsp3) is 0.458. The quantitative estimate of drug-likeness (QED) is 0.633. The van der Waals surface area contributed by atoms with Crippen LogP contribution in [0.15, 0.2) is 53.4 Å². The van der Waals surface area contributed by atoms with Crippen LogP contribution >= 0.6 is 0 Å². The third-order valence-corrected chi connectivity index (χ3v) is 7.91. The molecule has 168 valence electrons. The zero-order chi connectivity index (χ0) is 22.4. The summed E-state index contributed by atoms with van der Waals surface area (Å²) in [5.41, 5.74) is 2.93. The molecular formula is C24H33N3O3S. The summed E-state index contributed by atoms with van der Waals surface area (Å²) in [5.74, 6) is 0.674. The van der Waals surface area contributed by atoms with E-state index in [2.05, 4.69) is 29.3 Å². The van der Waals surface area contributed by atoms with Crippen molar-refractivity contribution in [2.24, 2.45) is 5.92 Å². The molecule has 1 heterocycles. The van der Waals surface area contributed by atoms with Gasteiger partial charge in [-0.1, -0.05) is 32.9 Å². The lowest BCUT2D eigenvalue weighted by molar-refractivity contribution is -0.116. The Bertz CT molecular complexity index is 968. The first kappa shape index (κ1) is 23.3. The summed E-state index contributed by atoms with van der Waals surface area (Å²) in [5, 5.41) is 2.94. The number of nitrogens with zero attached hydrogens (tertiary/aromatic N) is 2. The molecule has 2 aromatic carbocycles. The lowest BCUT2D eigenvalue weighted by Crippen LogP contribution is -2.30. The summed E-state index contributed by atoms with van der Waals surface area (Å²) in [7, 11) is -3.45. The van der Waals surface area contributed by atoms with Crippen LogP contribution in [0.25, 0.3) is 0 Å². The molecule has 7 heteroatoms. The van der Waals surface area contributed by atoms with E-state index in [-0.39, 0.29) is 10.8 Å².